The van der Waals surface area contributed by atoms with E-state index in [1.54, 1.807) is 25.3 Å². The lowest BCUT2D eigenvalue weighted by Crippen LogP contribution is -2.01. The van der Waals surface area contributed by atoms with Crippen molar-refractivity contribution in [3.63, 3.8) is 0 Å². The summed E-state index contributed by atoms with van der Waals surface area (Å²) in [5.41, 5.74) is 0.737. The molecule has 2 N–H and O–H groups in total. The number of anilines is 2. The van der Waals surface area contributed by atoms with Crippen LogP contribution in [0.25, 0.3) is 0 Å². The molecular weight excluding hydrogens is 348 g/mol. The number of nitrogens with one attached hydrogen (secondary N) is 1. The number of nitrogens with zero attached hydrogens (tertiary/aromatic N) is 1. The first kappa shape index (κ1) is 14.6. The topological polar surface area (TPSA) is 71.5 Å². The first-order valence-electron chi connectivity index (χ1n) is 5.50. The number of carbonyl (C=O) groups is 1. The lowest BCUT2D eigenvalue weighted by atomic mass is 10.2. The molecule has 0 saturated heterocycles. The zero-order valence-corrected chi connectivity index (χ0v) is 12.7. The molecule has 0 aliphatic carbocycles. The Balaban J connectivity index is 2.28. The number of hydrogen-bond donors (Lipinski definition) is 2. The van der Waals surface area contributed by atoms with Gasteiger partial charge in [0.25, 0.3) is 0 Å². The fourth-order valence-electron chi connectivity index (χ4n) is 1.56. The van der Waals surface area contributed by atoms with Crippen LogP contribution < -0.4 is 10.1 Å². The van der Waals surface area contributed by atoms with Gasteiger partial charge in [0.2, 0.25) is 0 Å². The SMILES string of the molecule is COc1ccc(Nc2cc(C(=O)O)c(Cl)cn2)cc1Br. The number of aromatic nitrogens is 1. The largest absolute Gasteiger partial charge is 0.496 e. The van der Waals surface area contributed by atoms with E-state index in [1.165, 1.54) is 12.3 Å². The fourth-order valence-corrected chi connectivity index (χ4v) is 2.29. The molecule has 0 spiro atoms. The lowest BCUT2D eigenvalue weighted by Gasteiger charge is -2.09. The molecule has 2 aromatic rings. The third-order valence-electron chi connectivity index (χ3n) is 2.51. The Morgan fingerprint density at radius 2 is 2.20 bits per heavy atom. The van der Waals surface area contributed by atoms with Crippen molar-refractivity contribution < 1.29 is 14.6 Å². The second kappa shape index (κ2) is 6.11. The van der Waals surface area contributed by atoms with Gasteiger partial charge in [0.05, 0.1) is 22.2 Å². The zero-order valence-electron chi connectivity index (χ0n) is 10.4. The van der Waals surface area contributed by atoms with Gasteiger partial charge in [-0.3, -0.25) is 0 Å². The van der Waals surface area contributed by atoms with E-state index in [0.717, 1.165) is 10.2 Å². The van der Waals surface area contributed by atoms with Crippen LogP contribution in [-0.4, -0.2) is 23.2 Å². The highest BCUT2D eigenvalue weighted by Crippen LogP contribution is 2.29. The van der Waals surface area contributed by atoms with Crippen LogP contribution in [0.3, 0.4) is 0 Å². The van der Waals surface area contributed by atoms with Gasteiger partial charge in [-0.15, -0.1) is 0 Å². The number of ether oxygens (including phenoxy) is 1. The van der Waals surface area contributed by atoms with Crippen LogP contribution in [0.5, 0.6) is 5.75 Å². The van der Waals surface area contributed by atoms with Crippen molar-refractivity contribution >= 4 is 45.0 Å². The van der Waals surface area contributed by atoms with Gasteiger partial charge in [0.15, 0.2) is 0 Å². The molecule has 0 radical (unpaired) electrons. The number of carboxylic acid groups (broad SMARTS) is 1. The summed E-state index contributed by atoms with van der Waals surface area (Å²) in [5, 5.41) is 12.1. The first-order valence-corrected chi connectivity index (χ1v) is 6.67. The number of benzene rings is 1. The number of hydrogen-bond acceptors (Lipinski definition) is 4. The first-order chi connectivity index (χ1) is 9.51. The molecule has 5 nitrogen and oxygen atoms in total. The van der Waals surface area contributed by atoms with Crippen LogP contribution in [0.2, 0.25) is 5.02 Å². The van der Waals surface area contributed by atoms with Gasteiger partial charge in [-0.2, -0.15) is 0 Å². The molecule has 0 atom stereocenters. The Kier molecular flexibility index (Phi) is 4.46. The standard InChI is InChI=1S/C13H10BrClN2O3/c1-20-11-3-2-7(4-9(11)14)17-12-5-8(13(18)19)10(15)6-16-12/h2-6H,1H3,(H,16,17)(H,18,19). The summed E-state index contributed by atoms with van der Waals surface area (Å²) in [5.74, 6) is -0.00827. The molecule has 1 heterocycles. The smallest absolute Gasteiger partial charge is 0.337 e. The third-order valence-corrected chi connectivity index (χ3v) is 3.43. The Morgan fingerprint density at radius 3 is 2.80 bits per heavy atom. The van der Waals surface area contributed by atoms with E-state index >= 15 is 0 Å². The van der Waals surface area contributed by atoms with Gasteiger partial charge in [0, 0.05) is 11.9 Å². The minimum absolute atomic E-state index is 0.00301. The van der Waals surface area contributed by atoms with Crippen molar-refractivity contribution in [2.24, 2.45) is 0 Å². The summed E-state index contributed by atoms with van der Waals surface area (Å²) in [6.45, 7) is 0. The number of rotatable bonds is 4. The minimum atomic E-state index is -1.10. The molecular formula is C13H10BrClN2O3. The van der Waals surface area contributed by atoms with Gasteiger partial charge < -0.3 is 15.2 Å². The molecule has 1 aromatic heterocycles. The van der Waals surface area contributed by atoms with Crippen molar-refractivity contribution in [3.8, 4) is 5.75 Å². The summed E-state index contributed by atoms with van der Waals surface area (Å²) in [4.78, 5) is 15.0. The normalized spacial score (nSPS) is 10.2. The van der Waals surface area contributed by atoms with Crippen molar-refractivity contribution in [2.75, 3.05) is 12.4 Å². The number of methoxy groups -OCH3 is 1. The minimum Gasteiger partial charge on any atom is -0.496 e. The van der Waals surface area contributed by atoms with Crippen LogP contribution in [0.1, 0.15) is 10.4 Å². The molecule has 0 saturated carbocycles. The maximum absolute atomic E-state index is 11.0. The molecule has 20 heavy (non-hydrogen) atoms. The number of halogens is 2. The molecule has 1 aromatic carbocycles. The van der Waals surface area contributed by atoms with Crippen LogP contribution >= 0.6 is 27.5 Å². The third kappa shape index (κ3) is 3.20. The van der Waals surface area contributed by atoms with E-state index in [2.05, 4.69) is 26.2 Å². The van der Waals surface area contributed by atoms with E-state index in [9.17, 15) is 4.79 Å². The van der Waals surface area contributed by atoms with E-state index in [1.807, 2.05) is 0 Å². The Hall–Kier alpha value is -1.79. The Morgan fingerprint density at radius 1 is 1.45 bits per heavy atom. The molecule has 0 bridgehead atoms. The van der Waals surface area contributed by atoms with Gasteiger partial charge in [-0.25, -0.2) is 9.78 Å². The van der Waals surface area contributed by atoms with Crippen molar-refractivity contribution in [1.29, 1.82) is 0 Å². The Bertz CT molecular complexity index is 664. The monoisotopic (exact) mass is 356 g/mol. The maximum atomic E-state index is 11.0. The molecule has 0 unspecified atom stereocenters. The average molecular weight is 358 g/mol. The number of carboxylic acids is 1. The molecule has 0 aliphatic heterocycles. The summed E-state index contributed by atoms with van der Waals surface area (Å²) < 4.78 is 5.91. The van der Waals surface area contributed by atoms with Gasteiger partial charge >= 0.3 is 5.97 Å². The average Bonchev–Trinajstić information content (AvgIpc) is 2.41. The predicted molar refractivity (Wildman–Crippen MR) is 80.2 cm³/mol. The molecule has 0 aliphatic rings. The second-order valence-electron chi connectivity index (χ2n) is 3.83. The van der Waals surface area contributed by atoms with E-state index in [4.69, 9.17) is 21.4 Å². The van der Waals surface area contributed by atoms with E-state index < -0.39 is 5.97 Å². The molecule has 7 heteroatoms. The van der Waals surface area contributed by atoms with E-state index in [0.29, 0.717) is 11.6 Å². The highest BCUT2D eigenvalue weighted by atomic mass is 79.9. The molecule has 0 amide bonds. The number of pyridine rings is 1. The number of aromatic carboxylic acids is 1. The van der Waals surface area contributed by atoms with Crippen LogP contribution in [0, 0.1) is 0 Å². The van der Waals surface area contributed by atoms with Crippen LogP contribution in [0.15, 0.2) is 34.9 Å². The molecule has 0 fully saturated rings. The second-order valence-corrected chi connectivity index (χ2v) is 5.09. The maximum Gasteiger partial charge on any atom is 0.337 e. The van der Waals surface area contributed by atoms with Gasteiger partial charge in [-0.1, -0.05) is 11.6 Å². The fraction of sp³-hybridized carbons (Fsp3) is 0.0769. The molecule has 104 valence electrons. The highest BCUT2D eigenvalue weighted by molar-refractivity contribution is 9.10. The highest BCUT2D eigenvalue weighted by Gasteiger charge is 2.11. The summed E-state index contributed by atoms with van der Waals surface area (Å²) in [7, 11) is 1.58. The summed E-state index contributed by atoms with van der Waals surface area (Å²) in [6.07, 6.45) is 1.30. The van der Waals surface area contributed by atoms with Gasteiger partial charge in [-0.05, 0) is 40.2 Å². The predicted octanol–water partition coefficient (Wildman–Crippen LogP) is 3.95. The van der Waals surface area contributed by atoms with Crippen LogP contribution in [0.4, 0.5) is 11.5 Å². The van der Waals surface area contributed by atoms with E-state index in [-0.39, 0.29) is 10.6 Å². The zero-order chi connectivity index (χ0) is 14.7. The molecule has 2 rings (SSSR count). The quantitative estimate of drug-likeness (QED) is 0.867. The Labute approximate surface area is 128 Å². The lowest BCUT2D eigenvalue weighted by molar-refractivity contribution is 0.0697. The van der Waals surface area contributed by atoms with Crippen molar-refractivity contribution in [2.45, 2.75) is 0 Å². The van der Waals surface area contributed by atoms with Crippen molar-refractivity contribution in [1.82, 2.24) is 4.98 Å². The summed E-state index contributed by atoms with van der Waals surface area (Å²) >= 11 is 9.13. The summed E-state index contributed by atoms with van der Waals surface area (Å²) in [6, 6.07) is 6.75. The van der Waals surface area contributed by atoms with Gasteiger partial charge in [0.1, 0.15) is 11.6 Å². The van der Waals surface area contributed by atoms with Crippen molar-refractivity contribution in [3.05, 3.63) is 45.5 Å². The van der Waals surface area contributed by atoms with Crippen LogP contribution in [-0.2, 0) is 0 Å².